The second-order valence-electron chi connectivity index (χ2n) is 10.3. The fourth-order valence-electron chi connectivity index (χ4n) is 4.55. The number of halogens is 1. The maximum atomic E-state index is 13.8. The number of ether oxygens (including phenoxy) is 1. The summed E-state index contributed by atoms with van der Waals surface area (Å²) in [5.41, 5.74) is 3.06. The molecule has 3 aromatic rings. The molecule has 5 nitrogen and oxygen atoms in total. The third-order valence-electron chi connectivity index (χ3n) is 6.68. The van der Waals surface area contributed by atoms with E-state index in [1.807, 2.05) is 82.0 Å². The molecule has 0 unspecified atom stereocenters. The van der Waals surface area contributed by atoms with Gasteiger partial charge in [-0.1, -0.05) is 29.8 Å². The molecule has 1 atom stereocenters. The van der Waals surface area contributed by atoms with Crippen LogP contribution in [0.25, 0.3) is 0 Å². The van der Waals surface area contributed by atoms with Crippen LogP contribution in [0.1, 0.15) is 58.7 Å². The van der Waals surface area contributed by atoms with E-state index >= 15 is 0 Å². The third kappa shape index (κ3) is 5.60. The number of carbonyl (C=O) groups excluding carboxylic acids is 2. The monoisotopic (exact) mass is 524 g/mol. The molecule has 0 fully saturated rings. The lowest BCUT2D eigenvalue weighted by atomic mass is 9.99. The Bertz CT molecular complexity index is 1260. The summed E-state index contributed by atoms with van der Waals surface area (Å²) in [7, 11) is 0. The van der Waals surface area contributed by atoms with Gasteiger partial charge in [0.1, 0.15) is 18.9 Å². The molecule has 36 heavy (non-hydrogen) atoms. The molecule has 7 heteroatoms. The minimum absolute atomic E-state index is 0.00664. The molecule has 190 valence electrons. The Morgan fingerprint density at radius 1 is 1.11 bits per heavy atom. The average Bonchev–Trinajstić information content (AvgIpc) is 3.31. The van der Waals surface area contributed by atoms with Crippen LogP contribution in [-0.2, 0) is 11.2 Å². The van der Waals surface area contributed by atoms with Gasteiger partial charge in [-0.05, 0) is 93.4 Å². The van der Waals surface area contributed by atoms with Crippen molar-refractivity contribution in [3.63, 3.8) is 0 Å². The van der Waals surface area contributed by atoms with Crippen LogP contribution in [0.4, 0.5) is 0 Å². The highest BCUT2D eigenvalue weighted by Crippen LogP contribution is 2.34. The van der Waals surface area contributed by atoms with Crippen molar-refractivity contribution in [1.82, 2.24) is 9.80 Å². The Labute approximate surface area is 222 Å². The molecular formula is C29H33ClN2O3S. The number of hydrogen-bond donors (Lipinski definition) is 0. The van der Waals surface area contributed by atoms with Crippen LogP contribution in [-0.4, -0.2) is 46.8 Å². The van der Waals surface area contributed by atoms with Gasteiger partial charge in [-0.2, -0.15) is 0 Å². The molecule has 4 rings (SSSR count). The molecule has 0 radical (unpaired) electrons. The molecule has 1 aliphatic rings. The SMILES string of the molecule is Cc1cc(OC[C@H]2c3ccsc3CCN2C(=O)CN(C(=O)c2ccccc2C)C(C)(C)C)ccc1Cl. The molecule has 0 aliphatic carbocycles. The number of rotatable bonds is 6. The van der Waals surface area contributed by atoms with Gasteiger partial charge in [0.05, 0.1) is 6.04 Å². The summed E-state index contributed by atoms with van der Waals surface area (Å²) in [6.07, 6.45) is 0.802. The van der Waals surface area contributed by atoms with Gasteiger partial charge in [-0.3, -0.25) is 9.59 Å². The highest BCUT2D eigenvalue weighted by molar-refractivity contribution is 7.10. The first-order valence-electron chi connectivity index (χ1n) is 12.2. The number of benzene rings is 2. The second kappa shape index (κ2) is 10.7. The van der Waals surface area contributed by atoms with Crippen LogP contribution in [0.15, 0.2) is 53.9 Å². The first kappa shape index (κ1) is 26.2. The van der Waals surface area contributed by atoms with Gasteiger partial charge in [0.2, 0.25) is 5.91 Å². The summed E-state index contributed by atoms with van der Waals surface area (Å²) in [4.78, 5) is 32.2. The third-order valence-corrected chi connectivity index (χ3v) is 8.10. The van der Waals surface area contributed by atoms with Crippen molar-refractivity contribution in [1.29, 1.82) is 0 Å². The maximum Gasteiger partial charge on any atom is 0.255 e. The van der Waals surface area contributed by atoms with Gasteiger partial charge in [-0.15, -0.1) is 11.3 Å². The predicted octanol–water partition coefficient (Wildman–Crippen LogP) is 6.46. The summed E-state index contributed by atoms with van der Waals surface area (Å²) in [5.74, 6) is 0.508. The van der Waals surface area contributed by atoms with E-state index in [0.29, 0.717) is 23.7 Å². The van der Waals surface area contributed by atoms with E-state index in [2.05, 4.69) is 11.4 Å². The van der Waals surface area contributed by atoms with Crippen molar-refractivity contribution < 1.29 is 14.3 Å². The van der Waals surface area contributed by atoms with E-state index in [1.54, 1.807) is 16.2 Å². The zero-order valence-electron chi connectivity index (χ0n) is 21.5. The number of hydrogen-bond acceptors (Lipinski definition) is 4. The van der Waals surface area contributed by atoms with E-state index in [9.17, 15) is 9.59 Å². The van der Waals surface area contributed by atoms with Crippen molar-refractivity contribution in [3.8, 4) is 5.75 Å². The molecule has 0 saturated heterocycles. The maximum absolute atomic E-state index is 13.8. The Kier molecular flexibility index (Phi) is 7.76. The largest absolute Gasteiger partial charge is 0.491 e. The first-order valence-corrected chi connectivity index (χ1v) is 13.4. The minimum Gasteiger partial charge on any atom is -0.491 e. The van der Waals surface area contributed by atoms with Gasteiger partial charge < -0.3 is 14.5 Å². The molecule has 1 aromatic heterocycles. The van der Waals surface area contributed by atoms with Crippen LogP contribution in [0.5, 0.6) is 5.75 Å². The topological polar surface area (TPSA) is 49.9 Å². The number of fused-ring (bicyclic) bond motifs is 1. The summed E-state index contributed by atoms with van der Waals surface area (Å²) in [6.45, 7) is 10.7. The van der Waals surface area contributed by atoms with Crippen molar-refractivity contribution in [2.24, 2.45) is 0 Å². The first-order chi connectivity index (χ1) is 17.1. The molecule has 2 amide bonds. The van der Waals surface area contributed by atoms with Crippen molar-refractivity contribution >= 4 is 34.8 Å². The number of aryl methyl sites for hydroxylation is 2. The summed E-state index contributed by atoms with van der Waals surface area (Å²) < 4.78 is 6.16. The predicted molar refractivity (Wildman–Crippen MR) is 146 cm³/mol. The van der Waals surface area contributed by atoms with E-state index in [-0.39, 0.29) is 24.4 Å². The lowest BCUT2D eigenvalue weighted by Gasteiger charge is -2.40. The molecule has 1 aliphatic heterocycles. The summed E-state index contributed by atoms with van der Waals surface area (Å²) in [5, 5.41) is 2.76. The standard InChI is InChI=1S/C29H33ClN2O3S/c1-19-8-6-7-9-22(19)28(34)32(29(3,4)5)17-27(33)31-14-12-26-23(13-15-36-26)25(31)18-35-21-10-11-24(30)20(2)16-21/h6-11,13,15-16,25H,12,14,17-18H2,1-5H3/t25-/m0/s1. The summed E-state index contributed by atoms with van der Waals surface area (Å²) >= 11 is 7.89. The van der Waals surface area contributed by atoms with Crippen molar-refractivity contribution in [2.75, 3.05) is 19.7 Å². The highest BCUT2D eigenvalue weighted by atomic mass is 35.5. The highest BCUT2D eigenvalue weighted by Gasteiger charge is 2.36. The number of thiophene rings is 1. The van der Waals surface area contributed by atoms with E-state index in [0.717, 1.165) is 28.9 Å². The molecule has 0 spiro atoms. The van der Waals surface area contributed by atoms with Crippen LogP contribution in [0, 0.1) is 13.8 Å². The van der Waals surface area contributed by atoms with Crippen molar-refractivity contribution in [3.05, 3.63) is 86.1 Å². The number of nitrogens with zero attached hydrogens (tertiary/aromatic N) is 2. The Morgan fingerprint density at radius 2 is 1.86 bits per heavy atom. The normalized spacial score (nSPS) is 15.4. The molecule has 2 aromatic carbocycles. The Balaban J connectivity index is 1.57. The van der Waals surface area contributed by atoms with Gasteiger partial charge in [-0.25, -0.2) is 0 Å². The molecule has 0 N–H and O–H groups in total. The molecular weight excluding hydrogens is 492 g/mol. The number of amides is 2. The fourth-order valence-corrected chi connectivity index (χ4v) is 5.60. The van der Waals surface area contributed by atoms with Gasteiger partial charge in [0, 0.05) is 27.5 Å². The van der Waals surface area contributed by atoms with Crippen LogP contribution in [0.2, 0.25) is 5.02 Å². The average molecular weight is 525 g/mol. The summed E-state index contributed by atoms with van der Waals surface area (Å²) in [6, 6.07) is 15.0. The van der Waals surface area contributed by atoms with Gasteiger partial charge >= 0.3 is 0 Å². The quantitative estimate of drug-likeness (QED) is 0.371. The molecule has 0 saturated carbocycles. The van der Waals surface area contributed by atoms with Gasteiger partial charge in [0.25, 0.3) is 5.91 Å². The second-order valence-corrected chi connectivity index (χ2v) is 11.7. The zero-order valence-corrected chi connectivity index (χ0v) is 23.1. The van der Waals surface area contributed by atoms with Crippen LogP contribution < -0.4 is 4.74 Å². The lowest BCUT2D eigenvalue weighted by Crippen LogP contribution is -2.53. The minimum atomic E-state index is -0.523. The fraction of sp³-hybridized carbons (Fsp3) is 0.379. The Morgan fingerprint density at radius 3 is 2.56 bits per heavy atom. The molecule has 0 bridgehead atoms. The van der Waals surface area contributed by atoms with E-state index in [4.69, 9.17) is 16.3 Å². The smallest absolute Gasteiger partial charge is 0.255 e. The van der Waals surface area contributed by atoms with Crippen molar-refractivity contribution in [2.45, 2.75) is 52.6 Å². The van der Waals surface area contributed by atoms with E-state index < -0.39 is 5.54 Å². The van der Waals surface area contributed by atoms with Crippen LogP contribution in [0.3, 0.4) is 0 Å². The zero-order chi connectivity index (χ0) is 26.0. The lowest BCUT2D eigenvalue weighted by molar-refractivity contribution is -0.136. The Hall–Kier alpha value is -2.83. The van der Waals surface area contributed by atoms with Gasteiger partial charge in [0.15, 0.2) is 0 Å². The van der Waals surface area contributed by atoms with Crippen LogP contribution >= 0.6 is 22.9 Å². The molecule has 2 heterocycles. The van der Waals surface area contributed by atoms with E-state index in [1.165, 1.54) is 4.88 Å². The number of carbonyl (C=O) groups is 2.